The Morgan fingerprint density at radius 1 is 1.10 bits per heavy atom. The Labute approximate surface area is 166 Å². The zero-order chi connectivity index (χ0) is 21.4. The number of hydrogen-bond acceptors (Lipinski definition) is 4. The van der Waals surface area contributed by atoms with Gasteiger partial charge < -0.3 is 9.42 Å². The van der Waals surface area contributed by atoms with Crippen LogP contribution >= 0.6 is 0 Å². The van der Waals surface area contributed by atoms with Crippen molar-refractivity contribution in [2.45, 2.75) is 33.9 Å². The fourth-order valence-electron chi connectivity index (χ4n) is 3.18. The van der Waals surface area contributed by atoms with Crippen molar-refractivity contribution < 1.29 is 22.5 Å². The number of aryl methyl sites for hydroxylation is 1. The van der Waals surface area contributed by atoms with Crippen molar-refractivity contribution in [1.29, 1.82) is 0 Å². The van der Waals surface area contributed by atoms with E-state index in [4.69, 9.17) is 4.52 Å². The van der Waals surface area contributed by atoms with Gasteiger partial charge in [0.1, 0.15) is 6.54 Å². The van der Waals surface area contributed by atoms with Crippen molar-refractivity contribution in [3.8, 4) is 11.3 Å². The van der Waals surface area contributed by atoms with E-state index in [-0.39, 0.29) is 17.8 Å². The zero-order valence-corrected chi connectivity index (χ0v) is 16.7. The number of benzene rings is 1. The molecule has 0 saturated carbocycles. The smallest absolute Gasteiger partial charge is 0.335 e. The number of carbonyl (C=O) groups excluding carboxylic acids is 1. The molecule has 0 spiro atoms. The molecule has 154 valence electrons. The highest BCUT2D eigenvalue weighted by Gasteiger charge is 2.36. The number of carbonyl (C=O) groups is 1. The van der Waals surface area contributed by atoms with E-state index in [2.05, 4.69) is 10.1 Å². The predicted molar refractivity (Wildman–Crippen MR) is 103 cm³/mol. The molecule has 3 aromatic rings. The average molecular weight is 405 g/mol. The molecule has 5 nitrogen and oxygen atoms in total. The fraction of sp³-hybridized carbons (Fsp3) is 0.381. The van der Waals surface area contributed by atoms with E-state index in [1.807, 2.05) is 18.2 Å². The monoisotopic (exact) mass is 405 g/mol. The predicted octanol–water partition coefficient (Wildman–Crippen LogP) is 5.25. The molecule has 0 fully saturated rings. The lowest BCUT2D eigenvalue weighted by atomic mass is 9.95. The van der Waals surface area contributed by atoms with Gasteiger partial charge >= 0.3 is 6.18 Å². The number of fused-ring (bicyclic) bond motifs is 1. The van der Waals surface area contributed by atoms with Crippen LogP contribution in [0.15, 0.2) is 40.9 Å². The van der Waals surface area contributed by atoms with Gasteiger partial charge in [0.25, 0.3) is 11.6 Å². The molecule has 8 heteroatoms. The van der Waals surface area contributed by atoms with Gasteiger partial charge in [-0.1, -0.05) is 56.3 Å². The Hall–Kier alpha value is -2.90. The molecule has 0 atom stereocenters. The van der Waals surface area contributed by atoms with Gasteiger partial charge in [0.05, 0.1) is 22.3 Å². The molecule has 0 aliphatic rings. The maximum Gasteiger partial charge on any atom is 0.406 e. The summed E-state index contributed by atoms with van der Waals surface area (Å²) in [4.78, 5) is 18.5. The van der Waals surface area contributed by atoms with Crippen LogP contribution in [0.25, 0.3) is 22.4 Å². The molecule has 3 rings (SSSR count). The van der Waals surface area contributed by atoms with Crippen molar-refractivity contribution in [2.24, 2.45) is 5.41 Å². The highest BCUT2D eigenvalue weighted by Crippen LogP contribution is 2.30. The third-order valence-corrected chi connectivity index (χ3v) is 4.24. The first-order valence-electron chi connectivity index (χ1n) is 9.13. The minimum atomic E-state index is -4.51. The average Bonchev–Trinajstić information content (AvgIpc) is 2.99. The maximum absolute atomic E-state index is 13.3. The lowest BCUT2D eigenvalue weighted by molar-refractivity contribution is -0.142. The molecule has 2 heterocycles. The van der Waals surface area contributed by atoms with Gasteiger partial charge in [0, 0.05) is 12.1 Å². The summed E-state index contributed by atoms with van der Waals surface area (Å²) >= 11 is 0. The summed E-state index contributed by atoms with van der Waals surface area (Å²) in [7, 11) is 0. The van der Waals surface area contributed by atoms with Crippen LogP contribution in [0, 0.1) is 12.3 Å². The summed E-state index contributed by atoms with van der Waals surface area (Å²) in [6, 6.07) is 10.6. The Bertz CT molecular complexity index is 1010. The molecule has 0 bridgehead atoms. The second-order valence-electron chi connectivity index (χ2n) is 8.21. The van der Waals surface area contributed by atoms with Crippen molar-refractivity contribution in [3.05, 3.63) is 47.7 Å². The van der Waals surface area contributed by atoms with E-state index >= 15 is 0 Å². The van der Waals surface area contributed by atoms with Gasteiger partial charge in [0.2, 0.25) is 0 Å². The number of halogens is 3. The molecule has 0 N–H and O–H groups in total. The normalized spacial score (nSPS) is 12.4. The van der Waals surface area contributed by atoms with Crippen LogP contribution < -0.4 is 0 Å². The Kier molecular flexibility index (Phi) is 5.38. The number of aromatic nitrogens is 2. The van der Waals surface area contributed by atoms with Gasteiger partial charge in [-0.3, -0.25) is 4.79 Å². The number of nitrogens with zero attached hydrogens (tertiary/aromatic N) is 3. The Balaban J connectivity index is 2.14. The van der Waals surface area contributed by atoms with Gasteiger partial charge in [-0.2, -0.15) is 13.2 Å². The first-order chi connectivity index (χ1) is 13.4. The van der Waals surface area contributed by atoms with Crippen LogP contribution in [0.4, 0.5) is 13.2 Å². The molecular weight excluding hydrogens is 383 g/mol. The van der Waals surface area contributed by atoms with Crippen molar-refractivity contribution in [3.63, 3.8) is 0 Å². The molecule has 2 aromatic heterocycles. The van der Waals surface area contributed by atoms with Crippen LogP contribution in [0.3, 0.4) is 0 Å². The molecule has 1 amide bonds. The maximum atomic E-state index is 13.3. The highest BCUT2D eigenvalue weighted by atomic mass is 19.4. The molecule has 1 aromatic carbocycles. The van der Waals surface area contributed by atoms with E-state index in [1.54, 1.807) is 39.8 Å². The second kappa shape index (κ2) is 7.50. The van der Waals surface area contributed by atoms with Crippen LogP contribution in [0.1, 0.15) is 36.8 Å². The molecule has 0 radical (unpaired) electrons. The zero-order valence-electron chi connectivity index (χ0n) is 16.7. The standard InChI is InChI=1S/C21H22F3N3O2/c1-13-17-15(19(28)27(11-20(2,3)4)12-21(22,23)24)10-16(25-18(17)29-26-13)14-8-6-5-7-9-14/h5-10H,11-12H2,1-4H3. The van der Waals surface area contributed by atoms with E-state index in [9.17, 15) is 18.0 Å². The molecule has 0 aliphatic carbocycles. The molecular formula is C21H22F3N3O2. The quantitative estimate of drug-likeness (QED) is 0.595. The minimum Gasteiger partial charge on any atom is -0.335 e. The van der Waals surface area contributed by atoms with Crippen LogP contribution in [-0.2, 0) is 0 Å². The number of rotatable bonds is 4. The van der Waals surface area contributed by atoms with Crippen LogP contribution in [0.5, 0.6) is 0 Å². The van der Waals surface area contributed by atoms with Gasteiger partial charge in [-0.15, -0.1) is 0 Å². The lowest BCUT2D eigenvalue weighted by Crippen LogP contribution is -2.43. The molecule has 29 heavy (non-hydrogen) atoms. The van der Waals surface area contributed by atoms with Crippen LogP contribution in [-0.4, -0.2) is 40.2 Å². The summed E-state index contributed by atoms with van der Waals surface area (Å²) in [6.45, 7) is 5.59. The first kappa shape index (κ1) is 20.8. The van der Waals surface area contributed by atoms with Crippen molar-refractivity contribution >= 4 is 17.0 Å². The summed E-state index contributed by atoms with van der Waals surface area (Å²) in [5.41, 5.74) is 1.25. The fourth-order valence-corrected chi connectivity index (χ4v) is 3.18. The van der Waals surface area contributed by atoms with E-state index in [0.717, 1.165) is 10.5 Å². The number of amides is 1. The second-order valence-corrected chi connectivity index (χ2v) is 8.21. The third kappa shape index (κ3) is 4.93. The van der Waals surface area contributed by atoms with Gasteiger partial charge in [0.15, 0.2) is 0 Å². The summed E-state index contributed by atoms with van der Waals surface area (Å²) in [6.07, 6.45) is -4.51. The van der Waals surface area contributed by atoms with Gasteiger partial charge in [-0.05, 0) is 18.4 Å². The highest BCUT2D eigenvalue weighted by molar-refractivity contribution is 6.07. The SMILES string of the molecule is Cc1noc2nc(-c3ccccc3)cc(C(=O)N(CC(C)(C)C)CC(F)(F)F)c12. The van der Waals surface area contributed by atoms with Crippen LogP contribution in [0.2, 0.25) is 0 Å². The molecule has 0 unspecified atom stereocenters. The summed E-state index contributed by atoms with van der Waals surface area (Å²) in [5, 5.41) is 4.18. The summed E-state index contributed by atoms with van der Waals surface area (Å²) in [5.74, 6) is -0.729. The first-order valence-corrected chi connectivity index (χ1v) is 9.13. The number of alkyl halides is 3. The summed E-state index contributed by atoms with van der Waals surface area (Å²) < 4.78 is 44.8. The number of hydrogen-bond donors (Lipinski definition) is 0. The Morgan fingerprint density at radius 2 is 1.76 bits per heavy atom. The minimum absolute atomic E-state index is 0.0554. The van der Waals surface area contributed by atoms with E-state index in [1.165, 1.54) is 6.07 Å². The van der Waals surface area contributed by atoms with Crippen molar-refractivity contribution in [2.75, 3.05) is 13.1 Å². The lowest BCUT2D eigenvalue weighted by Gasteiger charge is -2.31. The Morgan fingerprint density at radius 3 is 2.34 bits per heavy atom. The van der Waals surface area contributed by atoms with Crippen molar-refractivity contribution in [1.82, 2.24) is 15.0 Å². The number of pyridine rings is 1. The molecule has 0 aliphatic heterocycles. The molecule has 0 saturated heterocycles. The topological polar surface area (TPSA) is 59.2 Å². The van der Waals surface area contributed by atoms with E-state index < -0.39 is 24.0 Å². The largest absolute Gasteiger partial charge is 0.406 e. The van der Waals surface area contributed by atoms with E-state index in [0.29, 0.717) is 16.8 Å². The third-order valence-electron chi connectivity index (χ3n) is 4.24. The van der Waals surface area contributed by atoms with Gasteiger partial charge in [-0.25, -0.2) is 4.98 Å².